The molecular formula is C16H24ClNO2. The Balaban J connectivity index is 2.13. The van der Waals surface area contributed by atoms with Crippen LogP contribution in [0.1, 0.15) is 30.9 Å². The van der Waals surface area contributed by atoms with Crippen LogP contribution in [0.25, 0.3) is 0 Å². The molecule has 1 saturated heterocycles. The molecule has 1 aliphatic rings. The Bertz CT molecular complexity index is 439. The lowest BCUT2D eigenvalue weighted by Gasteiger charge is -2.41. The number of nitrogens with two attached hydrogens (primary N) is 1. The van der Waals surface area contributed by atoms with Gasteiger partial charge in [-0.05, 0) is 37.5 Å². The predicted octanol–water partition coefficient (Wildman–Crippen LogP) is 3.10. The summed E-state index contributed by atoms with van der Waals surface area (Å²) in [5.41, 5.74) is 8.45. The normalized spacial score (nSPS) is 19.8. The fourth-order valence-corrected chi connectivity index (χ4v) is 3.18. The Morgan fingerprint density at radius 3 is 2.70 bits per heavy atom. The van der Waals surface area contributed by atoms with Crippen molar-refractivity contribution in [1.82, 2.24) is 0 Å². The fourth-order valence-electron chi connectivity index (χ4n) is 2.87. The van der Waals surface area contributed by atoms with E-state index in [0.29, 0.717) is 6.61 Å². The Hall–Kier alpha value is -0.610. The Labute approximate surface area is 126 Å². The van der Waals surface area contributed by atoms with Gasteiger partial charge in [0, 0.05) is 43.7 Å². The van der Waals surface area contributed by atoms with Gasteiger partial charge in [-0.15, -0.1) is 0 Å². The monoisotopic (exact) mass is 297 g/mol. The second-order valence-electron chi connectivity index (χ2n) is 5.52. The lowest BCUT2D eigenvalue weighted by molar-refractivity contribution is -0.120. The molecule has 1 aliphatic heterocycles. The lowest BCUT2D eigenvalue weighted by atomic mass is 9.83. The van der Waals surface area contributed by atoms with Crippen LogP contribution in [-0.4, -0.2) is 31.5 Å². The Morgan fingerprint density at radius 2 is 2.10 bits per heavy atom. The maximum absolute atomic E-state index is 6.47. The molecule has 0 aromatic heterocycles. The maximum Gasteiger partial charge on any atom is 0.0879 e. The number of hydrogen-bond donors (Lipinski definition) is 1. The van der Waals surface area contributed by atoms with Crippen LogP contribution in [0.15, 0.2) is 18.2 Å². The second-order valence-corrected chi connectivity index (χ2v) is 5.92. The van der Waals surface area contributed by atoms with Crippen molar-refractivity contribution in [3.63, 3.8) is 0 Å². The van der Waals surface area contributed by atoms with Crippen LogP contribution in [0.5, 0.6) is 0 Å². The number of aryl methyl sites for hydroxylation is 1. The number of benzene rings is 1. The molecule has 112 valence electrons. The van der Waals surface area contributed by atoms with Crippen LogP contribution >= 0.6 is 11.6 Å². The number of halogens is 1. The highest BCUT2D eigenvalue weighted by Gasteiger charge is 2.39. The van der Waals surface area contributed by atoms with Crippen molar-refractivity contribution in [3.8, 4) is 0 Å². The van der Waals surface area contributed by atoms with E-state index < -0.39 is 0 Å². The zero-order valence-electron chi connectivity index (χ0n) is 12.3. The molecular weight excluding hydrogens is 274 g/mol. The molecule has 1 aromatic rings. The molecule has 0 radical (unpaired) electrons. The van der Waals surface area contributed by atoms with Gasteiger partial charge in [-0.2, -0.15) is 0 Å². The predicted molar refractivity (Wildman–Crippen MR) is 82.3 cm³/mol. The van der Waals surface area contributed by atoms with Gasteiger partial charge in [0.1, 0.15) is 0 Å². The first-order chi connectivity index (χ1) is 9.57. The van der Waals surface area contributed by atoms with Crippen molar-refractivity contribution < 1.29 is 9.47 Å². The smallest absolute Gasteiger partial charge is 0.0879 e. The summed E-state index contributed by atoms with van der Waals surface area (Å²) in [4.78, 5) is 0. The molecule has 1 unspecified atom stereocenters. The molecule has 0 aliphatic carbocycles. The van der Waals surface area contributed by atoms with Gasteiger partial charge in [-0.3, -0.25) is 0 Å². The van der Waals surface area contributed by atoms with E-state index >= 15 is 0 Å². The summed E-state index contributed by atoms with van der Waals surface area (Å²) in [7, 11) is 0. The van der Waals surface area contributed by atoms with Crippen LogP contribution in [0.3, 0.4) is 0 Å². The molecule has 1 fully saturated rings. The number of hydrogen-bond acceptors (Lipinski definition) is 3. The van der Waals surface area contributed by atoms with Gasteiger partial charge in [0.15, 0.2) is 0 Å². The Morgan fingerprint density at radius 1 is 1.40 bits per heavy atom. The van der Waals surface area contributed by atoms with E-state index in [1.165, 1.54) is 0 Å². The first kappa shape index (κ1) is 15.8. The third kappa shape index (κ3) is 3.53. The van der Waals surface area contributed by atoms with E-state index in [1.54, 1.807) is 0 Å². The minimum absolute atomic E-state index is 0.0634. The molecule has 4 heteroatoms. The van der Waals surface area contributed by atoms with E-state index in [0.717, 1.165) is 48.6 Å². The minimum atomic E-state index is -0.277. The van der Waals surface area contributed by atoms with Crippen LogP contribution < -0.4 is 5.73 Å². The van der Waals surface area contributed by atoms with Crippen LogP contribution in [-0.2, 0) is 15.9 Å². The molecule has 0 bridgehead atoms. The van der Waals surface area contributed by atoms with Crippen LogP contribution in [0.2, 0.25) is 5.02 Å². The molecule has 0 saturated carbocycles. The molecule has 3 nitrogen and oxygen atoms in total. The summed E-state index contributed by atoms with van der Waals surface area (Å²) < 4.78 is 11.5. The topological polar surface area (TPSA) is 44.5 Å². The third-order valence-electron chi connectivity index (χ3n) is 4.10. The molecule has 20 heavy (non-hydrogen) atoms. The summed E-state index contributed by atoms with van der Waals surface area (Å²) in [6.07, 6.45) is 2.44. The third-order valence-corrected chi connectivity index (χ3v) is 4.45. The van der Waals surface area contributed by atoms with Gasteiger partial charge < -0.3 is 15.2 Å². The van der Waals surface area contributed by atoms with Crippen molar-refractivity contribution in [2.24, 2.45) is 5.73 Å². The largest absolute Gasteiger partial charge is 0.381 e. The van der Waals surface area contributed by atoms with Gasteiger partial charge in [-0.25, -0.2) is 0 Å². The summed E-state index contributed by atoms with van der Waals surface area (Å²) in [6.45, 7) is 6.17. The standard InChI is InChI=1S/C16H24ClNO2/c1-3-20-16(6-8-19-9-7-16)15(18)11-13-5-4-12(2)10-14(13)17/h4-5,10,15H,3,6-9,11,18H2,1-2H3. The SMILES string of the molecule is CCOC1(C(N)Cc2ccc(C)cc2Cl)CCOCC1. The van der Waals surface area contributed by atoms with Crippen molar-refractivity contribution in [1.29, 1.82) is 0 Å². The van der Waals surface area contributed by atoms with E-state index in [4.69, 9.17) is 26.8 Å². The van der Waals surface area contributed by atoms with E-state index in [2.05, 4.69) is 12.1 Å². The lowest BCUT2D eigenvalue weighted by Crippen LogP contribution is -2.54. The van der Waals surface area contributed by atoms with Gasteiger partial charge in [-0.1, -0.05) is 23.7 Å². The van der Waals surface area contributed by atoms with E-state index in [9.17, 15) is 0 Å². The van der Waals surface area contributed by atoms with Crippen molar-refractivity contribution in [2.45, 2.75) is 44.8 Å². The highest BCUT2D eigenvalue weighted by Crippen LogP contribution is 2.31. The van der Waals surface area contributed by atoms with Crippen molar-refractivity contribution in [3.05, 3.63) is 34.3 Å². The quantitative estimate of drug-likeness (QED) is 0.908. The van der Waals surface area contributed by atoms with Crippen molar-refractivity contribution in [2.75, 3.05) is 19.8 Å². The second kappa shape index (κ2) is 6.90. The summed E-state index contributed by atoms with van der Waals surface area (Å²) in [6, 6.07) is 6.06. The molecule has 2 N–H and O–H groups in total. The average molecular weight is 298 g/mol. The molecule has 1 atom stereocenters. The fraction of sp³-hybridized carbons (Fsp3) is 0.625. The molecule has 1 aromatic carbocycles. The highest BCUT2D eigenvalue weighted by molar-refractivity contribution is 6.31. The molecule has 0 amide bonds. The van der Waals surface area contributed by atoms with E-state index in [-0.39, 0.29) is 11.6 Å². The summed E-state index contributed by atoms with van der Waals surface area (Å²) in [5, 5.41) is 0.791. The maximum atomic E-state index is 6.47. The summed E-state index contributed by atoms with van der Waals surface area (Å²) >= 11 is 6.31. The minimum Gasteiger partial charge on any atom is -0.381 e. The highest BCUT2D eigenvalue weighted by atomic mass is 35.5. The van der Waals surface area contributed by atoms with Gasteiger partial charge in [0.25, 0.3) is 0 Å². The first-order valence-electron chi connectivity index (χ1n) is 7.30. The van der Waals surface area contributed by atoms with Crippen molar-refractivity contribution >= 4 is 11.6 Å². The molecule has 2 rings (SSSR count). The number of ether oxygens (including phenoxy) is 2. The number of rotatable bonds is 5. The van der Waals surface area contributed by atoms with Crippen LogP contribution in [0, 0.1) is 6.92 Å². The Kier molecular flexibility index (Phi) is 5.44. The van der Waals surface area contributed by atoms with E-state index in [1.807, 2.05) is 19.9 Å². The van der Waals surface area contributed by atoms with Crippen LogP contribution in [0.4, 0.5) is 0 Å². The summed E-state index contributed by atoms with van der Waals surface area (Å²) in [5.74, 6) is 0. The average Bonchev–Trinajstić information content (AvgIpc) is 2.43. The van der Waals surface area contributed by atoms with Gasteiger partial charge in [0.05, 0.1) is 5.60 Å². The zero-order valence-corrected chi connectivity index (χ0v) is 13.1. The molecule has 1 heterocycles. The first-order valence-corrected chi connectivity index (χ1v) is 7.67. The van der Waals surface area contributed by atoms with Gasteiger partial charge >= 0.3 is 0 Å². The van der Waals surface area contributed by atoms with Gasteiger partial charge in [0.2, 0.25) is 0 Å². The zero-order chi connectivity index (χ0) is 14.6. The molecule has 0 spiro atoms.